The largest absolute Gasteiger partial charge is 0.480 e. The van der Waals surface area contributed by atoms with Gasteiger partial charge in [0.25, 0.3) is 0 Å². The van der Waals surface area contributed by atoms with Crippen LogP contribution in [0.25, 0.3) is 0 Å². The van der Waals surface area contributed by atoms with E-state index in [1.54, 1.807) is 7.11 Å². The topological polar surface area (TPSA) is 22.1 Å². The maximum atomic E-state index is 5.83. The summed E-state index contributed by atoms with van der Waals surface area (Å²) < 4.78 is 5.02. The van der Waals surface area contributed by atoms with E-state index in [2.05, 4.69) is 4.98 Å². The third-order valence-corrected chi connectivity index (χ3v) is 2.31. The number of halogens is 1. The monoisotopic (exact) mass is 183 g/mol. The second-order valence-corrected chi connectivity index (χ2v) is 3.41. The molecule has 64 valence electrons. The number of hydrogen-bond acceptors (Lipinski definition) is 2. The quantitative estimate of drug-likeness (QED) is 0.703. The SMILES string of the molecule is COc1nc(C2CC2)ccc1Cl. The first-order chi connectivity index (χ1) is 5.81. The molecule has 1 aromatic heterocycles. The zero-order chi connectivity index (χ0) is 8.55. The highest BCUT2D eigenvalue weighted by Crippen LogP contribution is 2.40. The third kappa shape index (κ3) is 1.39. The minimum atomic E-state index is 0.543. The van der Waals surface area contributed by atoms with Crippen molar-refractivity contribution >= 4 is 11.6 Å². The molecule has 0 saturated heterocycles. The van der Waals surface area contributed by atoms with Gasteiger partial charge in [-0.05, 0) is 25.0 Å². The van der Waals surface area contributed by atoms with Crippen LogP contribution < -0.4 is 4.74 Å². The van der Waals surface area contributed by atoms with Gasteiger partial charge >= 0.3 is 0 Å². The molecule has 1 saturated carbocycles. The summed E-state index contributed by atoms with van der Waals surface area (Å²) in [4.78, 5) is 4.30. The van der Waals surface area contributed by atoms with Crippen LogP contribution in [0.15, 0.2) is 12.1 Å². The van der Waals surface area contributed by atoms with Crippen molar-refractivity contribution in [1.29, 1.82) is 0 Å². The summed E-state index contributed by atoms with van der Waals surface area (Å²) in [5.74, 6) is 1.19. The van der Waals surface area contributed by atoms with Crippen LogP contribution in [0, 0.1) is 0 Å². The molecule has 1 fully saturated rings. The summed E-state index contributed by atoms with van der Waals surface area (Å²) >= 11 is 5.83. The molecule has 0 N–H and O–H groups in total. The molecule has 2 rings (SSSR count). The number of pyridine rings is 1. The highest BCUT2D eigenvalue weighted by atomic mass is 35.5. The van der Waals surface area contributed by atoms with E-state index in [-0.39, 0.29) is 0 Å². The van der Waals surface area contributed by atoms with Crippen molar-refractivity contribution in [3.8, 4) is 5.88 Å². The predicted octanol–water partition coefficient (Wildman–Crippen LogP) is 2.62. The Balaban J connectivity index is 2.33. The Bertz CT molecular complexity index is 297. The van der Waals surface area contributed by atoms with Crippen LogP contribution in [0.5, 0.6) is 5.88 Å². The van der Waals surface area contributed by atoms with Gasteiger partial charge in [-0.2, -0.15) is 0 Å². The molecule has 3 heteroatoms. The molecular formula is C9H10ClNO. The summed E-state index contributed by atoms with van der Waals surface area (Å²) in [6, 6.07) is 3.82. The second kappa shape index (κ2) is 2.94. The molecule has 0 amide bonds. The lowest BCUT2D eigenvalue weighted by molar-refractivity contribution is 0.396. The molecule has 2 nitrogen and oxygen atoms in total. The van der Waals surface area contributed by atoms with Gasteiger partial charge in [0, 0.05) is 11.6 Å². The van der Waals surface area contributed by atoms with Gasteiger partial charge in [0.2, 0.25) is 5.88 Å². The average Bonchev–Trinajstić information content (AvgIpc) is 2.88. The summed E-state index contributed by atoms with van der Waals surface area (Å²) in [5, 5.41) is 0.585. The lowest BCUT2D eigenvalue weighted by Gasteiger charge is -2.03. The fourth-order valence-electron chi connectivity index (χ4n) is 1.19. The second-order valence-electron chi connectivity index (χ2n) is 3.00. The first-order valence-corrected chi connectivity index (χ1v) is 4.39. The van der Waals surface area contributed by atoms with Crippen LogP contribution in [-0.2, 0) is 0 Å². The van der Waals surface area contributed by atoms with Crippen LogP contribution in [0.2, 0.25) is 5.02 Å². The molecule has 1 aliphatic carbocycles. The molecule has 0 atom stereocenters. The predicted molar refractivity (Wildman–Crippen MR) is 47.8 cm³/mol. The number of nitrogens with zero attached hydrogens (tertiary/aromatic N) is 1. The zero-order valence-electron chi connectivity index (χ0n) is 6.88. The van der Waals surface area contributed by atoms with Crippen molar-refractivity contribution < 1.29 is 4.74 Å². The molecule has 1 aromatic rings. The van der Waals surface area contributed by atoms with Crippen molar-refractivity contribution in [2.24, 2.45) is 0 Å². The third-order valence-electron chi connectivity index (χ3n) is 2.02. The molecule has 0 spiro atoms. The van der Waals surface area contributed by atoms with Crippen molar-refractivity contribution in [2.75, 3.05) is 7.11 Å². The smallest absolute Gasteiger partial charge is 0.232 e. The van der Waals surface area contributed by atoms with Crippen LogP contribution in [0.1, 0.15) is 24.5 Å². The molecule has 12 heavy (non-hydrogen) atoms. The number of aromatic nitrogens is 1. The Morgan fingerprint density at radius 1 is 1.50 bits per heavy atom. The fraction of sp³-hybridized carbons (Fsp3) is 0.444. The van der Waals surface area contributed by atoms with Crippen LogP contribution >= 0.6 is 11.6 Å². The minimum Gasteiger partial charge on any atom is -0.480 e. The Labute approximate surface area is 76.5 Å². The normalized spacial score (nSPS) is 16.2. The maximum Gasteiger partial charge on any atom is 0.232 e. The van der Waals surface area contributed by atoms with E-state index in [1.807, 2.05) is 12.1 Å². The molecule has 0 radical (unpaired) electrons. The Morgan fingerprint density at radius 2 is 2.25 bits per heavy atom. The summed E-state index contributed by atoms with van der Waals surface area (Å²) in [7, 11) is 1.59. The molecule has 0 aliphatic heterocycles. The molecular weight excluding hydrogens is 174 g/mol. The van der Waals surface area contributed by atoms with E-state index >= 15 is 0 Å². The van der Waals surface area contributed by atoms with Gasteiger partial charge < -0.3 is 4.74 Å². The molecule has 1 aliphatic rings. The zero-order valence-corrected chi connectivity index (χ0v) is 7.64. The average molecular weight is 184 g/mol. The Kier molecular flexibility index (Phi) is 1.93. The van der Waals surface area contributed by atoms with E-state index < -0.39 is 0 Å². The van der Waals surface area contributed by atoms with Crippen LogP contribution in [0.3, 0.4) is 0 Å². The van der Waals surface area contributed by atoms with Gasteiger partial charge in [-0.1, -0.05) is 11.6 Å². The summed E-state index contributed by atoms with van der Waals surface area (Å²) in [5.41, 5.74) is 1.11. The Hall–Kier alpha value is -0.760. The number of methoxy groups -OCH3 is 1. The van der Waals surface area contributed by atoms with E-state index in [0.29, 0.717) is 16.8 Å². The highest BCUT2D eigenvalue weighted by molar-refractivity contribution is 6.31. The van der Waals surface area contributed by atoms with Crippen molar-refractivity contribution in [1.82, 2.24) is 4.98 Å². The fourth-order valence-corrected chi connectivity index (χ4v) is 1.37. The van der Waals surface area contributed by atoms with Crippen LogP contribution in [0.4, 0.5) is 0 Å². The van der Waals surface area contributed by atoms with Gasteiger partial charge in [-0.25, -0.2) is 4.98 Å². The molecule has 0 aromatic carbocycles. The van der Waals surface area contributed by atoms with E-state index in [1.165, 1.54) is 12.8 Å². The number of ether oxygens (including phenoxy) is 1. The number of rotatable bonds is 2. The van der Waals surface area contributed by atoms with Crippen LogP contribution in [-0.4, -0.2) is 12.1 Å². The lowest BCUT2D eigenvalue weighted by atomic mass is 10.2. The van der Waals surface area contributed by atoms with E-state index in [0.717, 1.165) is 5.69 Å². The van der Waals surface area contributed by atoms with Gasteiger partial charge in [-0.3, -0.25) is 0 Å². The van der Waals surface area contributed by atoms with E-state index in [4.69, 9.17) is 16.3 Å². The van der Waals surface area contributed by atoms with Gasteiger partial charge in [0.05, 0.1) is 7.11 Å². The van der Waals surface area contributed by atoms with Gasteiger partial charge in [-0.15, -0.1) is 0 Å². The summed E-state index contributed by atoms with van der Waals surface area (Å²) in [6.45, 7) is 0. The molecule has 1 heterocycles. The summed E-state index contributed by atoms with van der Waals surface area (Å²) in [6.07, 6.45) is 2.50. The number of hydrogen-bond donors (Lipinski definition) is 0. The van der Waals surface area contributed by atoms with Gasteiger partial charge in [0.1, 0.15) is 5.02 Å². The maximum absolute atomic E-state index is 5.83. The highest BCUT2D eigenvalue weighted by Gasteiger charge is 2.25. The standard InChI is InChI=1S/C9H10ClNO/c1-12-9-7(10)4-5-8(11-9)6-2-3-6/h4-6H,2-3H2,1H3. The van der Waals surface area contributed by atoms with E-state index in [9.17, 15) is 0 Å². The first kappa shape index (κ1) is 7.87. The first-order valence-electron chi connectivity index (χ1n) is 4.01. The molecule has 0 bridgehead atoms. The molecule has 0 unspecified atom stereocenters. The van der Waals surface area contributed by atoms with Gasteiger partial charge in [0.15, 0.2) is 0 Å². The minimum absolute atomic E-state index is 0.543. The van der Waals surface area contributed by atoms with Crippen molar-refractivity contribution in [2.45, 2.75) is 18.8 Å². The Morgan fingerprint density at radius 3 is 2.83 bits per heavy atom. The van der Waals surface area contributed by atoms with Crippen molar-refractivity contribution in [3.63, 3.8) is 0 Å². The lowest BCUT2D eigenvalue weighted by Crippen LogP contribution is -1.92. The van der Waals surface area contributed by atoms with Crippen molar-refractivity contribution in [3.05, 3.63) is 22.8 Å².